The maximum Gasteiger partial charge on any atom is 0.234 e. The number of benzene rings is 1. The van der Waals surface area contributed by atoms with Gasteiger partial charge in [0.2, 0.25) is 5.91 Å². The zero-order valence-corrected chi connectivity index (χ0v) is 17.1. The summed E-state index contributed by atoms with van der Waals surface area (Å²) in [5.74, 6) is -0.148. The lowest BCUT2D eigenvalue weighted by atomic mass is 10.2. The van der Waals surface area contributed by atoms with Crippen molar-refractivity contribution in [3.63, 3.8) is 0 Å². The van der Waals surface area contributed by atoms with E-state index >= 15 is 0 Å². The molecule has 1 N–H and O–H groups in total. The van der Waals surface area contributed by atoms with E-state index in [1.165, 1.54) is 6.07 Å². The van der Waals surface area contributed by atoms with Crippen LogP contribution in [0.2, 0.25) is 0 Å². The van der Waals surface area contributed by atoms with Crippen molar-refractivity contribution in [1.29, 1.82) is 0 Å². The molecule has 0 radical (unpaired) electrons. The fourth-order valence-electron chi connectivity index (χ4n) is 3.15. The molecule has 8 heteroatoms. The Morgan fingerprint density at radius 2 is 2.00 bits per heavy atom. The summed E-state index contributed by atoms with van der Waals surface area (Å²) >= 11 is 3.28. The average Bonchev–Trinajstić information content (AvgIpc) is 3.04. The van der Waals surface area contributed by atoms with Gasteiger partial charge in [-0.1, -0.05) is 22.0 Å². The zero-order chi connectivity index (χ0) is 19.2. The lowest BCUT2D eigenvalue weighted by Gasteiger charge is -2.34. The summed E-state index contributed by atoms with van der Waals surface area (Å²) in [5, 5.41) is 7.14. The molecule has 0 unspecified atom stereocenters. The van der Waals surface area contributed by atoms with Crippen molar-refractivity contribution in [3.05, 3.63) is 52.0 Å². The third kappa shape index (κ3) is 6.12. The van der Waals surface area contributed by atoms with Gasteiger partial charge in [-0.2, -0.15) is 5.10 Å². The molecule has 6 nitrogen and oxygen atoms in total. The quantitative estimate of drug-likeness (QED) is 0.719. The molecule has 2 aromatic rings. The standard InChI is InChI=1S/C19H25BrFN5O/c1-15-11-23-26(12-15)5-4-22-19(27)14-25-8-6-24(7-9-25)13-16-2-3-17(20)10-18(16)21/h2-3,10-12H,4-9,13-14H2,1H3,(H,22,27). The largest absolute Gasteiger partial charge is 0.353 e. The average molecular weight is 438 g/mol. The number of hydrogen-bond donors (Lipinski definition) is 1. The zero-order valence-electron chi connectivity index (χ0n) is 15.5. The van der Waals surface area contributed by atoms with Gasteiger partial charge in [0.15, 0.2) is 0 Å². The maximum absolute atomic E-state index is 14.0. The second-order valence-corrected chi connectivity index (χ2v) is 7.83. The smallest absolute Gasteiger partial charge is 0.234 e. The summed E-state index contributed by atoms with van der Waals surface area (Å²) in [4.78, 5) is 16.5. The molecule has 146 valence electrons. The predicted octanol–water partition coefficient (Wildman–Crippen LogP) is 2.03. The maximum atomic E-state index is 14.0. The van der Waals surface area contributed by atoms with Crippen molar-refractivity contribution >= 4 is 21.8 Å². The van der Waals surface area contributed by atoms with E-state index in [0.717, 1.165) is 36.2 Å². The lowest BCUT2D eigenvalue weighted by Crippen LogP contribution is -2.49. The molecule has 1 aliphatic rings. The molecular weight excluding hydrogens is 413 g/mol. The number of nitrogens with zero attached hydrogens (tertiary/aromatic N) is 4. The van der Waals surface area contributed by atoms with Crippen LogP contribution >= 0.6 is 15.9 Å². The summed E-state index contributed by atoms with van der Waals surface area (Å²) in [6.45, 7) is 7.52. The molecule has 1 aromatic heterocycles. The minimum absolute atomic E-state index is 0.0336. The number of halogens is 2. The molecule has 0 bridgehead atoms. The first-order valence-electron chi connectivity index (χ1n) is 9.14. The van der Waals surface area contributed by atoms with Crippen LogP contribution in [0, 0.1) is 12.7 Å². The fourth-order valence-corrected chi connectivity index (χ4v) is 3.49. The van der Waals surface area contributed by atoms with Crippen molar-refractivity contribution in [2.45, 2.75) is 20.0 Å². The Morgan fingerprint density at radius 1 is 1.26 bits per heavy atom. The van der Waals surface area contributed by atoms with Crippen LogP contribution in [0.3, 0.4) is 0 Å². The van der Waals surface area contributed by atoms with E-state index in [1.54, 1.807) is 6.20 Å². The van der Waals surface area contributed by atoms with Gasteiger partial charge in [-0.05, 0) is 24.6 Å². The third-order valence-electron chi connectivity index (χ3n) is 4.67. The summed E-state index contributed by atoms with van der Waals surface area (Å²) in [6.07, 6.45) is 3.76. The van der Waals surface area contributed by atoms with E-state index in [0.29, 0.717) is 31.7 Å². The first kappa shape index (κ1) is 20.0. The van der Waals surface area contributed by atoms with Gasteiger partial charge in [0, 0.05) is 55.5 Å². The van der Waals surface area contributed by atoms with Gasteiger partial charge in [0.05, 0.1) is 19.3 Å². The summed E-state index contributed by atoms with van der Waals surface area (Å²) in [5.41, 5.74) is 1.82. The number of nitrogens with one attached hydrogen (secondary N) is 1. The minimum atomic E-state index is -0.182. The van der Waals surface area contributed by atoms with E-state index in [9.17, 15) is 9.18 Å². The molecule has 1 amide bonds. The Morgan fingerprint density at radius 3 is 2.67 bits per heavy atom. The van der Waals surface area contributed by atoms with Gasteiger partial charge in [-0.25, -0.2) is 4.39 Å². The molecular formula is C19H25BrFN5O. The summed E-state index contributed by atoms with van der Waals surface area (Å²) in [7, 11) is 0. The SMILES string of the molecule is Cc1cnn(CCNC(=O)CN2CCN(Cc3ccc(Br)cc3F)CC2)c1. The molecule has 2 heterocycles. The van der Waals surface area contributed by atoms with Gasteiger partial charge in [0.1, 0.15) is 5.82 Å². The van der Waals surface area contributed by atoms with Gasteiger partial charge < -0.3 is 5.32 Å². The van der Waals surface area contributed by atoms with Crippen molar-refractivity contribution < 1.29 is 9.18 Å². The van der Waals surface area contributed by atoms with E-state index in [4.69, 9.17) is 0 Å². The molecule has 3 rings (SSSR count). The van der Waals surface area contributed by atoms with E-state index in [1.807, 2.05) is 29.9 Å². The summed E-state index contributed by atoms with van der Waals surface area (Å²) in [6, 6.07) is 5.18. The lowest BCUT2D eigenvalue weighted by molar-refractivity contribution is -0.122. The van der Waals surface area contributed by atoms with Gasteiger partial charge in [-0.15, -0.1) is 0 Å². The van der Waals surface area contributed by atoms with Crippen molar-refractivity contribution in [3.8, 4) is 0 Å². The molecule has 1 saturated heterocycles. The Kier molecular flexibility index (Phi) is 6.98. The summed E-state index contributed by atoms with van der Waals surface area (Å²) < 4.78 is 16.6. The third-order valence-corrected chi connectivity index (χ3v) is 5.16. The number of carbonyl (C=O) groups is 1. The number of amides is 1. The number of hydrogen-bond acceptors (Lipinski definition) is 4. The predicted molar refractivity (Wildman–Crippen MR) is 106 cm³/mol. The number of piperazine rings is 1. The van der Waals surface area contributed by atoms with E-state index in [-0.39, 0.29) is 11.7 Å². The van der Waals surface area contributed by atoms with Gasteiger partial charge >= 0.3 is 0 Å². The van der Waals surface area contributed by atoms with Crippen LogP contribution in [0.25, 0.3) is 0 Å². The van der Waals surface area contributed by atoms with Crippen LogP contribution < -0.4 is 5.32 Å². The van der Waals surface area contributed by atoms with Crippen molar-refractivity contribution in [1.82, 2.24) is 24.9 Å². The Labute approximate surface area is 167 Å². The molecule has 0 atom stereocenters. The van der Waals surface area contributed by atoms with E-state index < -0.39 is 0 Å². The second-order valence-electron chi connectivity index (χ2n) is 6.92. The van der Waals surface area contributed by atoms with Crippen LogP contribution in [-0.4, -0.2) is 64.8 Å². The monoisotopic (exact) mass is 437 g/mol. The fraction of sp³-hybridized carbons (Fsp3) is 0.474. The Hall–Kier alpha value is -1.77. The highest BCUT2D eigenvalue weighted by Crippen LogP contribution is 2.17. The molecule has 0 aliphatic carbocycles. The molecule has 27 heavy (non-hydrogen) atoms. The van der Waals surface area contributed by atoms with Crippen LogP contribution in [0.1, 0.15) is 11.1 Å². The highest BCUT2D eigenvalue weighted by Gasteiger charge is 2.19. The Bertz CT molecular complexity index is 773. The van der Waals surface area contributed by atoms with Crippen LogP contribution in [0.15, 0.2) is 35.1 Å². The molecule has 1 aromatic carbocycles. The second kappa shape index (κ2) is 9.43. The topological polar surface area (TPSA) is 53.4 Å². The van der Waals surface area contributed by atoms with Crippen LogP contribution in [0.5, 0.6) is 0 Å². The minimum Gasteiger partial charge on any atom is -0.353 e. The molecule has 0 spiro atoms. The Balaban J connectivity index is 1.35. The van der Waals surface area contributed by atoms with Crippen LogP contribution in [-0.2, 0) is 17.9 Å². The van der Waals surface area contributed by atoms with Crippen molar-refractivity contribution in [2.24, 2.45) is 0 Å². The molecule has 1 fully saturated rings. The van der Waals surface area contributed by atoms with Crippen LogP contribution in [0.4, 0.5) is 4.39 Å². The first-order valence-corrected chi connectivity index (χ1v) is 9.93. The first-order chi connectivity index (χ1) is 13.0. The van der Waals surface area contributed by atoms with Crippen molar-refractivity contribution in [2.75, 3.05) is 39.3 Å². The normalized spacial score (nSPS) is 15.8. The van der Waals surface area contributed by atoms with Gasteiger partial charge in [-0.3, -0.25) is 19.3 Å². The molecule has 1 aliphatic heterocycles. The highest BCUT2D eigenvalue weighted by molar-refractivity contribution is 9.10. The van der Waals surface area contributed by atoms with Gasteiger partial charge in [0.25, 0.3) is 0 Å². The van der Waals surface area contributed by atoms with E-state index in [2.05, 4.69) is 36.1 Å². The highest BCUT2D eigenvalue weighted by atomic mass is 79.9. The number of aryl methyl sites for hydroxylation is 1. The number of rotatable bonds is 7. The number of aromatic nitrogens is 2. The number of carbonyl (C=O) groups excluding carboxylic acids is 1. The molecule has 0 saturated carbocycles.